The molecule has 0 fully saturated rings. The van der Waals surface area contributed by atoms with Gasteiger partial charge in [0.2, 0.25) is 0 Å². The first-order valence-corrected chi connectivity index (χ1v) is 5.13. The molecule has 0 aliphatic heterocycles. The Hall–Kier alpha value is -1.57. The second-order valence-electron chi connectivity index (χ2n) is 2.63. The van der Waals surface area contributed by atoms with Gasteiger partial charge in [-0.15, -0.1) is 0 Å². The third kappa shape index (κ3) is 3.98. The summed E-state index contributed by atoms with van der Waals surface area (Å²) in [5, 5.41) is 10.1. The molecule has 82 valence electrons. The van der Waals surface area contributed by atoms with Gasteiger partial charge in [0.1, 0.15) is 5.75 Å². The second kappa shape index (κ2) is 4.30. The van der Waals surface area contributed by atoms with Crippen LogP contribution in [0.1, 0.15) is 0 Å². The average molecular weight is 229 g/mol. The van der Waals surface area contributed by atoms with Crippen molar-refractivity contribution < 1.29 is 22.6 Å². The number of aromatic nitrogens is 1. The van der Waals surface area contributed by atoms with Crippen LogP contribution >= 0.6 is 0 Å². The fraction of sp³-hybridized carbons (Fsp3) is 0. The number of H-pyrrole nitrogens is 1. The van der Waals surface area contributed by atoms with E-state index in [9.17, 15) is 5.11 Å². The quantitative estimate of drug-likeness (QED) is 0.505. The Morgan fingerprint density at radius 3 is 2.27 bits per heavy atom. The van der Waals surface area contributed by atoms with Crippen LogP contribution in [-0.2, 0) is 10.4 Å². The van der Waals surface area contributed by atoms with E-state index in [1.807, 2.05) is 24.3 Å². The molecule has 2 N–H and O–H groups in total. The summed E-state index contributed by atoms with van der Waals surface area (Å²) in [4.78, 5) is 2.94. The maximum Gasteiger partial charge on any atom is 0.140 e. The van der Waals surface area contributed by atoms with Crippen molar-refractivity contribution in [3.05, 3.63) is 30.5 Å². The van der Waals surface area contributed by atoms with Crippen molar-refractivity contribution in [1.82, 2.24) is 4.98 Å². The normalized spacial score (nSPS) is 10.8. The Bertz CT molecular complexity index is 537. The van der Waals surface area contributed by atoms with E-state index in [-0.39, 0.29) is 0 Å². The molecule has 0 saturated carbocycles. The predicted molar refractivity (Wildman–Crippen MR) is 50.4 cm³/mol. The van der Waals surface area contributed by atoms with E-state index in [1.54, 1.807) is 6.20 Å². The molecule has 0 radical (unpaired) electrons. The summed E-state index contributed by atoms with van der Waals surface area (Å²) in [7, 11) is -5.17. The Morgan fingerprint density at radius 2 is 1.73 bits per heavy atom. The minimum absolute atomic E-state index is 0.315. The van der Waals surface area contributed by atoms with Crippen LogP contribution in [-0.4, -0.2) is 27.6 Å². The van der Waals surface area contributed by atoms with E-state index in [4.69, 9.17) is 17.5 Å². The summed E-state index contributed by atoms with van der Waals surface area (Å²) in [6.45, 7) is 0. The van der Waals surface area contributed by atoms with Crippen molar-refractivity contribution >= 4 is 21.3 Å². The van der Waals surface area contributed by atoms with Crippen molar-refractivity contribution in [2.24, 2.45) is 0 Å². The van der Waals surface area contributed by atoms with Crippen LogP contribution in [0.5, 0.6) is 5.75 Å². The molecular weight excluding hydrogens is 222 g/mol. The number of benzene rings is 1. The van der Waals surface area contributed by atoms with Crippen molar-refractivity contribution in [3.8, 4) is 5.75 Å². The average Bonchev–Trinajstić information content (AvgIpc) is 2.46. The number of fused-ring (bicyclic) bond motifs is 1. The van der Waals surface area contributed by atoms with E-state index in [0.29, 0.717) is 5.75 Å². The van der Waals surface area contributed by atoms with Gasteiger partial charge in [-0.25, -0.2) is 0 Å². The van der Waals surface area contributed by atoms with Gasteiger partial charge in [-0.1, -0.05) is 12.1 Å². The highest BCUT2D eigenvalue weighted by Crippen LogP contribution is 2.22. The Morgan fingerprint density at radius 1 is 1.20 bits per heavy atom. The lowest BCUT2D eigenvalue weighted by Crippen LogP contribution is -1.91. The van der Waals surface area contributed by atoms with Gasteiger partial charge < -0.3 is 19.2 Å². The molecule has 0 spiro atoms. The molecule has 1 aromatic heterocycles. The molecular formula is C8H7NO5S-2. The highest BCUT2D eigenvalue weighted by atomic mass is 32.3. The topological polar surface area (TPSA) is 116 Å². The first-order valence-electron chi connectivity index (χ1n) is 3.79. The van der Waals surface area contributed by atoms with E-state index >= 15 is 0 Å². The zero-order chi connectivity index (χ0) is 11.5. The number of hydrogen-bond acceptors (Lipinski definition) is 5. The smallest absolute Gasteiger partial charge is 0.140 e. The molecule has 0 bridgehead atoms. The summed E-state index contributed by atoms with van der Waals surface area (Å²) >= 11 is 0. The van der Waals surface area contributed by atoms with Crippen LogP contribution in [0.15, 0.2) is 30.5 Å². The first-order chi connectivity index (χ1) is 6.88. The summed E-state index contributed by atoms with van der Waals surface area (Å²) in [6.07, 6.45) is 1.59. The van der Waals surface area contributed by atoms with E-state index in [0.717, 1.165) is 10.9 Å². The highest BCUT2D eigenvalue weighted by Gasteiger charge is 1.97. The summed E-state index contributed by atoms with van der Waals surface area (Å²) in [5.41, 5.74) is 0.972. The van der Waals surface area contributed by atoms with Crippen LogP contribution < -0.4 is 0 Å². The second-order valence-corrected chi connectivity index (χ2v) is 3.44. The van der Waals surface area contributed by atoms with Crippen molar-refractivity contribution in [2.75, 3.05) is 0 Å². The summed E-state index contributed by atoms with van der Waals surface area (Å²) in [6, 6.07) is 7.63. The minimum atomic E-state index is -5.17. The summed E-state index contributed by atoms with van der Waals surface area (Å²) in [5.74, 6) is 0.315. The van der Waals surface area contributed by atoms with E-state index in [2.05, 4.69) is 4.98 Å². The van der Waals surface area contributed by atoms with Gasteiger partial charge in [-0.3, -0.25) is 8.42 Å². The molecule has 2 aromatic rings. The molecule has 0 amide bonds. The van der Waals surface area contributed by atoms with E-state index < -0.39 is 10.4 Å². The van der Waals surface area contributed by atoms with Crippen LogP contribution in [0.25, 0.3) is 10.9 Å². The van der Waals surface area contributed by atoms with Crippen molar-refractivity contribution in [2.45, 2.75) is 0 Å². The largest absolute Gasteiger partial charge is 0.759 e. The molecule has 6 nitrogen and oxygen atoms in total. The first kappa shape index (κ1) is 11.5. The zero-order valence-electron chi connectivity index (χ0n) is 7.38. The third-order valence-corrected chi connectivity index (χ3v) is 1.57. The van der Waals surface area contributed by atoms with Gasteiger partial charge in [0, 0.05) is 27.5 Å². The number of nitrogens with one attached hydrogen (secondary N) is 1. The molecule has 0 aliphatic rings. The molecule has 0 saturated heterocycles. The molecule has 7 heteroatoms. The fourth-order valence-corrected chi connectivity index (χ4v) is 1.06. The van der Waals surface area contributed by atoms with Crippen LogP contribution in [0.2, 0.25) is 0 Å². The Labute approximate surface area is 85.8 Å². The number of rotatable bonds is 0. The molecule has 0 unspecified atom stereocenters. The van der Waals surface area contributed by atoms with Crippen LogP contribution in [0, 0.1) is 0 Å². The molecule has 0 aliphatic carbocycles. The maximum absolute atomic E-state index is 9.18. The molecule has 2 rings (SSSR count). The number of aromatic amines is 1. The van der Waals surface area contributed by atoms with Crippen molar-refractivity contribution in [1.29, 1.82) is 0 Å². The highest BCUT2D eigenvalue weighted by molar-refractivity contribution is 7.79. The monoisotopic (exact) mass is 229 g/mol. The predicted octanol–water partition coefficient (Wildman–Crippen LogP) is 0.536. The van der Waals surface area contributed by atoms with Gasteiger partial charge in [0.25, 0.3) is 0 Å². The zero-order valence-corrected chi connectivity index (χ0v) is 8.19. The SMILES string of the molecule is O=S(=O)([O-])[O-].Oc1c[nH]c2ccccc12. The number of hydrogen-bond donors (Lipinski definition) is 2. The van der Waals surface area contributed by atoms with E-state index in [1.165, 1.54) is 0 Å². The van der Waals surface area contributed by atoms with Gasteiger partial charge in [-0.05, 0) is 12.1 Å². The number of para-hydroxylation sites is 1. The molecule has 1 aromatic carbocycles. The number of aromatic hydroxyl groups is 1. The molecule has 0 atom stereocenters. The standard InChI is InChI=1S/C8H7NO.H2O4S/c10-8-5-9-7-4-2-1-3-6(7)8;1-5(2,3)4/h1-5,9-10H;(H2,1,2,3,4)/p-2. The van der Waals surface area contributed by atoms with Crippen LogP contribution in [0.3, 0.4) is 0 Å². The van der Waals surface area contributed by atoms with Crippen LogP contribution in [0.4, 0.5) is 0 Å². The fourth-order valence-electron chi connectivity index (χ4n) is 1.06. The van der Waals surface area contributed by atoms with Gasteiger partial charge >= 0.3 is 0 Å². The lowest BCUT2D eigenvalue weighted by Gasteiger charge is -2.06. The maximum atomic E-state index is 9.18. The van der Waals surface area contributed by atoms with Crippen molar-refractivity contribution in [3.63, 3.8) is 0 Å². The summed E-state index contributed by atoms with van der Waals surface area (Å²) < 4.78 is 34.1. The minimum Gasteiger partial charge on any atom is -0.759 e. The molecule has 1 heterocycles. The third-order valence-electron chi connectivity index (χ3n) is 1.57. The Balaban J connectivity index is 0.000000195. The lowest BCUT2D eigenvalue weighted by atomic mass is 10.2. The van der Waals surface area contributed by atoms with Gasteiger partial charge in [-0.2, -0.15) is 0 Å². The van der Waals surface area contributed by atoms with Gasteiger partial charge in [0.15, 0.2) is 0 Å². The lowest BCUT2D eigenvalue weighted by molar-refractivity contribution is 0.352. The molecule has 15 heavy (non-hydrogen) atoms. The Kier molecular flexibility index (Phi) is 3.30. The van der Waals surface area contributed by atoms with Gasteiger partial charge in [0.05, 0.1) is 0 Å².